The van der Waals surface area contributed by atoms with E-state index < -0.39 is 6.09 Å². The van der Waals surface area contributed by atoms with Crippen molar-refractivity contribution in [3.63, 3.8) is 0 Å². The number of carbonyl (C=O) groups is 2. The van der Waals surface area contributed by atoms with Gasteiger partial charge in [-0.1, -0.05) is 18.2 Å². The molecule has 2 aliphatic carbocycles. The van der Waals surface area contributed by atoms with Gasteiger partial charge in [0.1, 0.15) is 5.82 Å². The zero-order chi connectivity index (χ0) is 23.9. The molecule has 1 heterocycles. The van der Waals surface area contributed by atoms with Gasteiger partial charge in [-0.3, -0.25) is 9.36 Å². The first-order valence-electron chi connectivity index (χ1n) is 12.2. The Morgan fingerprint density at radius 1 is 0.941 bits per heavy atom. The Balaban J connectivity index is 1.21. The molecule has 0 saturated heterocycles. The van der Waals surface area contributed by atoms with Crippen LogP contribution in [-0.4, -0.2) is 45.3 Å². The van der Waals surface area contributed by atoms with Crippen molar-refractivity contribution in [2.45, 2.75) is 69.5 Å². The summed E-state index contributed by atoms with van der Waals surface area (Å²) in [4.78, 5) is 39.8. The lowest BCUT2D eigenvalue weighted by Crippen LogP contribution is -2.43. The normalized spacial score (nSPS) is 24.8. The number of carboxylic acid groups (broad SMARTS) is 1. The first kappa shape index (κ1) is 23.9. The van der Waals surface area contributed by atoms with Gasteiger partial charge in [-0.2, -0.15) is 4.98 Å². The minimum atomic E-state index is -0.936. The minimum Gasteiger partial charge on any atom is -0.465 e. The molecule has 0 atom stereocenters. The zero-order valence-electron chi connectivity index (χ0n) is 19.3. The van der Waals surface area contributed by atoms with E-state index in [1.165, 1.54) is 0 Å². The number of amides is 2. The minimum absolute atomic E-state index is 0.0796. The lowest BCUT2D eigenvalue weighted by Gasteiger charge is -2.33. The average molecular weight is 468 g/mol. The number of anilines is 1. The molecule has 2 fully saturated rings. The highest BCUT2D eigenvalue weighted by molar-refractivity contribution is 6.03. The van der Waals surface area contributed by atoms with Crippen LogP contribution in [0.25, 0.3) is 0 Å². The van der Waals surface area contributed by atoms with Gasteiger partial charge in [0.05, 0.1) is 0 Å². The van der Waals surface area contributed by atoms with Crippen LogP contribution in [0.5, 0.6) is 0 Å². The maximum Gasteiger partial charge on any atom is 0.404 e. The number of nitrogens with one attached hydrogen (secondary N) is 3. The summed E-state index contributed by atoms with van der Waals surface area (Å²) < 4.78 is 1.69. The molecule has 0 unspecified atom stereocenters. The monoisotopic (exact) mass is 467 g/mol. The van der Waals surface area contributed by atoms with E-state index in [2.05, 4.69) is 20.9 Å². The van der Waals surface area contributed by atoms with Crippen LogP contribution < -0.4 is 21.6 Å². The molecule has 182 valence electrons. The third kappa shape index (κ3) is 6.44. The van der Waals surface area contributed by atoms with Gasteiger partial charge in [0.2, 0.25) is 0 Å². The number of aromatic nitrogens is 2. The van der Waals surface area contributed by atoms with Gasteiger partial charge in [-0.25, -0.2) is 9.59 Å². The van der Waals surface area contributed by atoms with Gasteiger partial charge < -0.3 is 21.1 Å². The van der Waals surface area contributed by atoms with Gasteiger partial charge in [-0.05, 0) is 82.0 Å². The fraction of sp³-hybridized carbons (Fsp3) is 0.520. The molecular weight excluding hydrogens is 434 g/mol. The first-order chi connectivity index (χ1) is 16.5. The second-order valence-electron chi connectivity index (χ2n) is 9.40. The summed E-state index contributed by atoms with van der Waals surface area (Å²) in [5, 5.41) is 17.8. The molecule has 0 radical (unpaired) electrons. The highest BCUT2D eigenvalue weighted by Gasteiger charge is 2.26. The van der Waals surface area contributed by atoms with E-state index in [4.69, 9.17) is 5.11 Å². The lowest BCUT2D eigenvalue weighted by molar-refractivity contribution is 0.102. The van der Waals surface area contributed by atoms with Crippen LogP contribution >= 0.6 is 0 Å². The van der Waals surface area contributed by atoms with E-state index in [9.17, 15) is 14.4 Å². The van der Waals surface area contributed by atoms with Crippen LogP contribution in [0.4, 0.5) is 10.6 Å². The van der Waals surface area contributed by atoms with Gasteiger partial charge >= 0.3 is 11.8 Å². The molecule has 4 N–H and O–H groups in total. The largest absolute Gasteiger partial charge is 0.465 e. The fourth-order valence-corrected chi connectivity index (χ4v) is 5.12. The SMILES string of the molecule is O=C(O)NC1CCC(NCC2CCC(n3ccc(NC(=O)c4ccccc4)nc3=O)CC2)CC1. The maximum atomic E-state index is 12.6. The summed E-state index contributed by atoms with van der Waals surface area (Å²) in [5.74, 6) is 0.561. The van der Waals surface area contributed by atoms with E-state index in [-0.39, 0.29) is 29.5 Å². The Kier molecular flexibility index (Phi) is 7.95. The zero-order valence-corrected chi connectivity index (χ0v) is 19.3. The molecule has 0 spiro atoms. The number of carbonyl (C=O) groups excluding carboxylic acids is 1. The predicted octanol–water partition coefficient (Wildman–Crippen LogP) is 3.40. The maximum absolute atomic E-state index is 12.6. The predicted molar refractivity (Wildman–Crippen MR) is 129 cm³/mol. The van der Waals surface area contributed by atoms with Crippen molar-refractivity contribution in [3.8, 4) is 0 Å². The summed E-state index contributed by atoms with van der Waals surface area (Å²) in [5.41, 5.74) is 0.185. The van der Waals surface area contributed by atoms with Crippen LogP contribution in [0.15, 0.2) is 47.4 Å². The molecule has 4 rings (SSSR count). The van der Waals surface area contributed by atoms with E-state index >= 15 is 0 Å². The summed E-state index contributed by atoms with van der Waals surface area (Å²) >= 11 is 0. The standard InChI is InChI=1S/C25H33N5O4/c31-23(18-4-2-1-3-5-18)28-22-14-15-30(24(32)29-22)21-12-6-17(7-13-21)16-26-19-8-10-20(11-9-19)27-25(33)34/h1-5,14-15,17,19-21,26-27H,6-13,16H2,(H,33,34)(H,28,29,31,32). The lowest BCUT2D eigenvalue weighted by atomic mass is 9.85. The van der Waals surface area contributed by atoms with Gasteiger partial charge in [0.25, 0.3) is 5.91 Å². The van der Waals surface area contributed by atoms with Crippen molar-refractivity contribution >= 4 is 17.8 Å². The Bertz CT molecular complexity index is 1030. The summed E-state index contributed by atoms with van der Waals surface area (Å²) in [6.07, 6.45) is 8.51. The van der Waals surface area contributed by atoms with Crippen molar-refractivity contribution in [1.82, 2.24) is 20.2 Å². The smallest absolute Gasteiger partial charge is 0.404 e. The van der Waals surface area contributed by atoms with E-state index in [0.29, 0.717) is 17.5 Å². The Labute approximate surface area is 199 Å². The van der Waals surface area contributed by atoms with Crippen LogP contribution in [0.3, 0.4) is 0 Å². The van der Waals surface area contributed by atoms with Crippen molar-refractivity contribution in [2.24, 2.45) is 5.92 Å². The summed E-state index contributed by atoms with van der Waals surface area (Å²) in [6.45, 7) is 0.964. The molecule has 0 bridgehead atoms. The highest BCUT2D eigenvalue weighted by atomic mass is 16.4. The van der Waals surface area contributed by atoms with Gasteiger partial charge in [0, 0.05) is 29.9 Å². The van der Waals surface area contributed by atoms with Gasteiger partial charge in [0.15, 0.2) is 0 Å². The number of hydrogen-bond donors (Lipinski definition) is 4. The molecule has 9 heteroatoms. The summed E-state index contributed by atoms with van der Waals surface area (Å²) in [6, 6.07) is 11.2. The third-order valence-electron chi connectivity index (χ3n) is 7.07. The molecular formula is C25H33N5O4. The molecule has 2 saturated carbocycles. The summed E-state index contributed by atoms with van der Waals surface area (Å²) in [7, 11) is 0. The van der Waals surface area contributed by atoms with Gasteiger partial charge in [-0.15, -0.1) is 0 Å². The molecule has 1 aromatic heterocycles. The third-order valence-corrected chi connectivity index (χ3v) is 7.07. The Morgan fingerprint density at radius 2 is 1.62 bits per heavy atom. The van der Waals surface area contributed by atoms with Crippen LogP contribution in [-0.2, 0) is 0 Å². The molecule has 2 aromatic rings. The van der Waals surface area contributed by atoms with Crippen LogP contribution in [0.2, 0.25) is 0 Å². The van der Waals surface area contributed by atoms with Crippen LogP contribution in [0, 0.1) is 5.92 Å². The second-order valence-corrected chi connectivity index (χ2v) is 9.40. The van der Waals surface area contributed by atoms with Crippen molar-refractivity contribution in [2.75, 3.05) is 11.9 Å². The molecule has 1 aromatic carbocycles. The van der Waals surface area contributed by atoms with Crippen LogP contribution in [0.1, 0.15) is 67.8 Å². The second kappa shape index (κ2) is 11.3. The molecule has 34 heavy (non-hydrogen) atoms. The van der Waals surface area contributed by atoms with E-state index in [0.717, 1.165) is 57.9 Å². The topological polar surface area (TPSA) is 125 Å². The average Bonchev–Trinajstić information content (AvgIpc) is 2.84. The molecule has 2 aliphatic rings. The molecule has 9 nitrogen and oxygen atoms in total. The number of rotatable bonds is 7. The van der Waals surface area contributed by atoms with Crippen molar-refractivity contribution in [3.05, 3.63) is 58.6 Å². The van der Waals surface area contributed by atoms with E-state index in [1.54, 1.807) is 41.1 Å². The van der Waals surface area contributed by atoms with E-state index in [1.807, 2.05) is 6.07 Å². The first-order valence-corrected chi connectivity index (χ1v) is 12.2. The van der Waals surface area contributed by atoms with Crippen molar-refractivity contribution in [1.29, 1.82) is 0 Å². The quantitative estimate of drug-likeness (QED) is 0.495. The Morgan fingerprint density at radius 3 is 2.26 bits per heavy atom. The number of nitrogens with zero attached hydrogens (tertiary/aromatic N) is 2. The van der Waals surface area contributed by atoms with Crippen molar-refractivity contribution < 1.29 is 14.7 Å². The number of hydrogen-bond acceptors (Lipinski definition) is 5. The molecule has 2 amide bonds. The highest BCUT2D eigenvalue weighted by Crippen LogP contribution is 2.31. The fourth-order valence-electron chi connectivity index (χ4n) is 5.12. The Hall–Kier alpha value is -3.20. The number of benzene rings is 1. The molecule has 0 aliphatic heterocycles.